The highest BCUT2D eigenvalue weighted by molar-refractivity contribution is 5.71. The largest absolute Gasteiger partial charge is 0.482 e. The van der Waals surface area contributed by atoms with Crippen molar-refractivity contribution in [1.29, 1.82) is 0 Å². The van der Waals surface area contributed by atoms with Gasteiger partial charge < -0.3 is 14.6 Å². The second-order valence-electron chi connectivity index (χ2n) is 3.34. The first-order valence-electron chi connectivity index (χ1n) is 5.20. The number of aliphatic hydroxyl groups is 1. The summed E-state index contributed by atoms with van der Waals surface area (Å²) in [6.45, 7) is 3.69. The van der Waals surface area contributed by atoms with E-state index in [2.05, 4.69) is 0 Å². The third-order valence-corrected chi connectivity index (χ3v) is 2.02. The lowest BCUT2D eigenvalue weighted by molar-refractivity contribution is -0.145. The Bertz CT molecular complexity index is 329. The van der Waals surface area contributed by atoms with Gasteiger partial charge in [-0.25, -0.2) is 4.79 Å². The molecular formula is C12H16O4. The minimum Gasteiger partial charge on any atom is -0.482 e. The van der Waals surface area contributed by atoms with Crippen molar-refractivity contribution in [1.82, 2.24) is 0 Å². The molecule has 0 bridgehead atoms. The van der Waals surface area contributed by atoms with Gasteiger partial charge >= 0.3 is 5.97 Å². The third-order valence-electron chi connectivity index (χ3n) is 2.02. The van der Waals surface area contributed by atoms with Gasteiger partial charge in [-0.15, -0.1) is 0 Å². The third kappa shape index (κ3) is 3.90. The van der Waals surface area contributed by atoms with Crippen LogP contribution < -0.4 is 4.74 Å². The number of hydrogen-bond acceptors (Lipinski definition) is 4. The van der Waals surface area contributed by atoms with Crippen LogP contribution in [0, 0.1) is 0 Å². The van der Waals surface area contributed by atoms with Gasteiger partial charge in [-0.1, -0.05) is 12.1 Å². The maximum Gasteiger partial charge on any atom is 0.344 e. The van der Waals surface area contributed by atoms with Crippen LogP contribution in [0.1, 0.15) is 25.5 Å². The Labute approximate surface area is 94.8 Å². The van der Waals surface area contributed by atoms with Crippen LogP contribution in [0.3, 0.4) is 0 Å². The SMILES string of the molecule is CCOC(=O)COc1ccc(C(C)O)cc1. The summed E-state index contributed by atoms with van der Waals surface area (Å²) in [6.07, 6.45) is -0.501. The first kappa shape index (κ1) is 12.5. The van der Waals surface area contributed by atoms with Crippen LogP contribution in [0.15, 0.2) is 24.3 Å². The number of rotatable bonds is 5. The number of benzene rings is 1. The number of hydrogen-bond donors (Lipinski definition) is 1. The minimum atomic E-state index is -0.501. The zero-order valence-electron chi connectivity index (χ0n) is 9.47. The van der Waals surface area contributed by atoms with Crippen LogP contribution >= 0.6 is 0 Å². The molecule has 4 heteroatoms. The molecule has 1 rings (SSSR count). The van der Waals surface area contributed by atoms with Gasteiger partial charge in [0.2, 0.25) is 0 Å². The lowest BCUT2D eigenvalue weighted by atomic mass is 10.1. The van der Waals surface area contributed by atoms with Crippen molar-refractivity contribution in [2.75, 3.05) is 13.2 Å². The number of aliphatic hydroxyl groups excluding tert-OH is 1. The second kappa shape index (κ2) is 6.12. The van der Waals surface area contributed by atoms with Crippen molar-refractivity contribution in [2.45, 2.75) is 20.0 Å². The number of esters is 1. The first-order chi connectivity index (χ1) is 7.63. The zero-order valence-corrected chi connectivity index (χ0v) is 9.47. The second-order valence-corrected chi connectivity index (χ2v) is 3.34. The van der Waals surface area contributed by atoms with Gasteiger partial charge in [0.25, 0.3) is 0 Å². The highest BCUT2D eigenvalue weighted by atomic mass is 16.6. The monoisotopic (exact) mass is 224 g/mol. The van der Waals surface area contributed by atoms with E-state index in [-0.39, 0.29) is 12.6 Å². The molecule has 16 heavy (non-hydrogen) atoms. The molecule has 0 fully saturated rings. The van der Waals surface area contributed by atoms with Crippen LogP contribution in [-0.4, -0.2) is 24.3 Å². The molecule has 0 amide bonds. The zero-order chi connectivity index (χ0) is 12.0. The molecule has 0 aliphatic heterocycles. The van der Waals surface area contributed by atoms with Crippen molar-refractivity contribution >= 4 is 5.97 Å². The van der Waals surface area contributed by atoms with Crippen LogP contribution in [0.5, 0.6) is 5.75 Å². The Morgan fingerprint density at radius 1 is 1.38 bits per heavy atom. The van der Waals surface area contributed by atoms with Crippen molar-refractivity contribution in [3.8, 4) is 5.75 Å². The maximum absolute atomic E-state index is 11.0. The van der Waals surface area contributed by atoms with Gasteiger partial charge in [-0.3, -0.25) is 0 Å². The maximum atomic E-state index is 11.0. The van der Waals surface area contributed by atoms with Gasteiger partial charge in [0.05, 0.1) is 12.7 Å². The van der Waals surface area contributed by atoms with Crippen LogP contribution in [0.4, 0.5) is 0 Å². The lowest BCUT2D eigenvalue weighted by Crippen LogP contribution is -2.14. The van der Waals surface area contributed by atoms with Gasteiger partial charge in [0.1, 0.15) is 5.75 Å². The molecule has 1 aromatic rings. The van der Waals surface area contributed by atoms with E-state index in [0.717, 1.165) is 5.56 Å². The normalized spacial score (nSPS) is 11.9. The summed E-state index contributed by atoms with van der Waals surface area (Å²) in [4.78, 5) is 11.0. The molecule has 4 nitrogen and oxygen atoms in total. The molecule has 0 heterocycles. The average Bonchev–Trinajstić information content (AvgIpc) is 2.27. The van der Waals surface area contributed by atoms with E-state index < -0.39 is 6.10 Å². The molecule has 1 unspecified atom stereocenters. The Morgan fingerprint density at radius 2 is 2.00 bits per heavy atom. The van der Waals surface area contributed by atoms with Crippen LogP contribution in [0.25, 0.3) is 0 Å². The van der Waals surface area contributed by atoms with Crippen LogP contribution in [-0.2, 0) is 9.53 Å². The molecule has 1 aromatic carbocycles. The highest BCUT2D eigenvalue weighted by Gasteiger charge is 2.04. The summed E-state index contributed by atoms with van der Waals surface area (Å²) in [7, 11) is 0. The summed E-state index contributed by atoms with van der Waals surface area (Å²) >= 11 is 0. The molecule has 0 spiro atoms. The Hall–Kier alpha value is -1.55. The standard InChI is InChI=1S/C12H16O4/c1-3-15-12(14)8-16-11-6-4-10(5-7-11)9(2)13/h4-7,9,13H,3,8H2,1-2H3. The van der Waals surface area contributed by atoms with E-state index in [1.165, 1.54) is 0 Å². The van der Waals surface area contributed by atoms with Gasteiger partial charge in [0.15, 0.2) is 6.61 Å². The topological polar surface area (TPSA) is 55.8 Å². The van der Waals surface area contributed by atoms with Gasteiger partial charge in [0, 0.05) is 0 Å². The van der Waals surface area contributed by atoms with Crippen LogP contribution in [0.2, 0.25) is 0 Å². The van der Waals surface area contributed by atoms with E-state index in [9.17, 15) is 9.90 Å². The Morgan fingerprint density at radius 3 is 2.50 bits per heavy atom. The van der Waals surface area contributed by atoms with E-state index in [1.54, 1.807) is 38.1 Å². The summed E-state index contributed by atoms with van der Waals surface area (Å²) < 4.78 is 9.92. The average molecular weight is 224 g/mol. The summed E-state index contributed by atoms with van der Waals surface area (Å²) in [5, 5.41) is 9.29. The molecule has 0 aromatic heterocycles. The smallest absolute Gasteiger partial charge is 0.344 e. The fraction of sp³-hybridized carbons (Fsp3) is 0.417. The molecule has 0 radical (unpaired) electrons. The van der Waals surface area contributed by atoms with E-state index >= 15 is 0 Å². The molecule has 0 aliphatic rings. The number of carbonyl (C=O) groups excluding carboxylic acids is 1. The van der Waals surface area contributed by atoms with Gasteiger partial charge in [-0.2, -0.15) is 0 Å². The molecule has 1 atom stereocenters. The quantitative estimate of drug-likeness (QED) is 0.773. The van der Waals surface area contributed by atoms with Gasteiger partial charge in [-0.05, 0) is 31.5 Å². The lowest BCUT2D eigenvalue weighted by Gasteiger charge is -2.07. The fourth-order valence-corrected chi connectivity index (χ4v) is 1.19. The molecular weight excluding hydrogens is 208 g/mol. The summed E-state index contributed by atoms with van der Waals surface area (Å²) in [5.74, 6) is 0.194. The summed E-state index contributed by atoms with van der Waals surface area (Å²) in [5.41, 5.74) is 0.809. The molecule has 0 saturated heterocycles. The molecule has 88 valence electrons. The predicted octanol–water partition coefficient (Wildman–Crippen LogP) is 1.68. The molecule has 1 N–H and O–H groups in total. The first-order valence-corrected chi connectivity index (χ1v) is 5.20. The van der Waals surface area contributed by atoms with Crippen molar-refractivity contribution in [3.05, 3.63) is 29.8 Å². The van der Waals surface area contributed by atoms with E-state index in [0.29, 0.717) is 12.4 Å². The van der Waals surface area contributed by atoms with E-state index in [1.807, 2.05) is 0 Å². The highest BCUT2D eigenvalue weighted by Crippen LogP contribution is 2.17. The Balaban J connectivity index is 2.46. The van der Waals surface area contributed by atoms with E-state index in [4.69, 9.17) is 9.47 Å². The van der Waals surface area contributed by atoms with Crippen molar-refractivity contribution in [3.63, 3.8) is 0 Å². The number of ether oxygens (including phenoxy) is 2. The Kier molecular flexibility index (Phi) is 4.79. The molecule has 0 aliphatic carbocycles. The van der Waals surface area contributed by atoms with Crippen molar-refractivity contribution in [2.24, 2.45) is 0 Å². The molecule has 0 saturated carbocycles. The van der Waals surface area contributed by atoms with Crippen molar-refractivity contribution < 1.29 is 19.4 Å². The number of carbonyl (C=O) groups is 1. The predicted molar refractivity (Wildman–Crippen MR) is 59.2 cm³/mol. The summed E-state index contributed by atoms with van der Waals surface area (Å²) in [6, 6.07) is 6.93. The fourth-order valence-electron chi connectivity index (χ4n) is 1.19. The minimum absolute atomic E-state index is 0.0954.